The minimum Gasteiger partial charge on any atom is -0.477 e. The number of halogens is 2. The molecule has 0 saturated carbocycles. The van der Waals surface area contributed by atoms with Gasteiger partial charge in [-0.15, -0.1) is 0 Å². The molecule has 0 aliphatic carbocycles. The molecular formula is C17H14Cl2N2O2. The van der Waals surface area contributed by atoms with E-state index in [0.29, 0.717) is 15.7 Å². The van der Waals surface area contributed by atoms with Crippen LogP contribution in [0.2, 0.25) is 10.0 Å². The van der Waals surface area contributed by atoms with E-state index in [1.54, 1.807) is 23.2 Å². The van der Waals surface area contributed by atoms with Crippen LogP contribution in [0.5, 0.6) is 0 Å². The number of rotatable bonds is 3. The standard InChI is InChI=1S/C17H14Cl2N2O2/c1-10-15(17(22)23)20-21(14-8-7-12(18)9-13(14)19)16(10)11-5-3-2-4-6-11/h2-10,16H,1H3,(H,22,23)/t10-,16+/m1/s1. The van der Waals surface area contributed by atoms with Gasteiger partial charge in [0.25, 0.3) is 0 Å². The predicted octanol–water partition coefficient (Wildman–Crippen LogP) is 4.63. The average Bonchev–Trinajstić information content (AvgIpc) is 2.85. The van der Waals surface area contributed by atoms with Crippen molar-refractivity contribution in [2.24, 2.45) is 11.0 Å². The molecule has 4 nitrogen and oxygen atoms in total. The van der Waals surface area contributed by atoms with Gasteiger partial charge >= 0.3 is 5.97 Å². The lowest BCUT2D eigenvalue weighted by Crippen LogP contribution is -2.25. The first-order valence-electron chi connectivity index (χ1n) is 7.10. The Morgan fingerprint density at radius 3 is 2.48 bits per heavy atom. The number of nitrogens with zero attached hydrogens (tertiary/aromatic N) is 2. The first-order chi connectivity index (χ1) is 11.0. The molecule has 3 rings (SSSR count). The molecule has 2 aromatic rings. The Balaban J connectivity index is 2.11. The molecule has 0 aromatic heterocycles. The van der Waals surface area contributed by atoms with Crippen LogP contribution in [-0.2, 0) is 4.79 Å². The van der Waals surface area contributed by atoms with E-state index in [0.717, 1.165) is 5.56 Å². The summed E-state index contributed by atoms with van der Waals surface area (Å²) in [7, 11) is 0. The van der Waals surface area contributed by atoms with E-state index in [1.165, 1.54) is 0 Å². The van der Waals surface area contributed by atoms with Crippen LogP contribution in [0.4, 0.5) is 5.69 Å². The number of benzene rings is 2. The van der Waals surface area contributed by atoms with Gasteiger partial charge in [0.2, 0.25) is 0 Å². The minimum atomic E-state index is -1.02. The van der Waals surface area contributed by atoms with Gasteiger partial charge in [-0.3, -0.25) is 5.01 Å². The topological polar surface area (TPSA) is 52.9 Å². The number of aliphatic carboxylic acids is 1. The molecule has 1 aliphatic rings. The second-order valence-corrected chi connectivity index (χ2v) is 6.22. The van der Waals surface area contributed by atoms with Crippen LogP contribution < -0.4 is 5.01 Å². The van der Waals surface area contributed by atoms with Gasteiger partial charge in [-0.05, 0) is 23.8 Å². The van der Waals surface area contributed by atoms with Crippen molar-refractivity contribution in [2.75, 3.05) is 5.01 Å². The zero-order valence-electron chi connectivity index (χ0n) is 12.3. The normalized spacial score (nSPS) is 20.5. The van der Waals surface area contributed by atoms with Crippen molar-refractivity contribution in [3.63, 3.8) is 0 Å². The summed E-state index contributed by atoms with van der Waals surface area (Å²) in [6, 6.07) is 14.5. The molecular weight excluding hydrogens is 335 g/mol. The fourth-order valence-corrected chi connectivity index (χ4v) is 3.31. The summed E-state index contributed by atoms with van der Waals surface area (Å²) >= 11 is 12.2. The van der Waals surface area contributed by atoms with E-state index in [1.807, 2.05) is 37.3 Å². The number of carboxylic acid groups (broad SMARTS) is 1. The fraction of sp³-hybridized carbons (Fsp3) is 0.176. The van der Waals surface area contributed by atoms with E-state index in [4.69, 9.17) is 23.2 Å². The minimum absolute atomic E-state index is 0.116. The van der Waals surface area contributed by atoms with Crippen molar-refractivity contribution in [1.29, 1.82) is 0 Å². The number of anilines is 1. The Kier molecular flexibility index (Phi) is 4.28. The predicted molar refractivity (Wildman–Crippen MR) is 92.4 cm³/mol. The molecule has 1 N–H and O–H groups in total. The summed E-state index contributed by atoms with van der Waals surface area (Å²) in [5.41, 5.74) is 1.73. The Labute approximate surface area is 143 Å². The van der Waals surface area contributed by atoms with Gasteiger partial charge in [0.15, 0.2) is 5.71 Å². The maximum absolute atomic E-state index is 11.5. The second kappa shape index (κ2) is 6.22. The van der Waals surface area contributed by atoms with Crippen molar-refractivity contribution < 1.29 is 9.90 Å². The van der Waals surface area contributed by atoms with Gasteiger partial charge in [-0.25, -0.2) is 4.79 Å². The van der Waals surface area contributed by atoms with Crippen LogP contribution >= 0.6 is 23.2 Å². The largest absolute Gasteiger partial charge is 0.477 e. The molecule has 1 aliphatic heterocycles. The highest BCUT2D eigenvalue weighted by molar-refractivity contribution is 6.38. The summed E-state index contributed by atoms with van der Waals surface area (Å²) in [5, 5.41) is 16.3. The SMILES string of the molecule is C[C@@H]1C(C(=O)O)=NN(c2ccc(Cl)cc2Cl)[C@@H]1c1ccccc1. The van der Waals surface area contributed by atoms with E-state index < -0.39 is 5.97 Å². The smallest absolute Gasteiger partial charge is 0.352 e. The summed E-state index contributed by atoms with van der Waals surface area (Å²) < 4.78 is 0. The number of hydrogen-bond acceptors (Lipinski definition) is 3. The number of carboxylic acids is 1. The zero-order chi connectivity index (χ0) is 16.6. The van der Waals surface area contributed by atoms with Gasteiger partial charge < -0.3 is 5.11 Å². The monoisotopic (exact) mass is 348 g/mol. The average molecular weight is 349 g/mol. The van der Waals surface area contributed by atoms with Crippen LogP contribution in [0.3, 0.4) is 0 Å². The van der Waals surface area contributed by atoms with Crippen LogP contribution in [0.15, 0.2) is 53.6 Å². The molecule has 1 heterocycles. The summed E-state index contributed by atoms with van der Waals surface area (Å²) in [6.45, 7) is 1.86. The van der Waals surface area contributed by atoms with Gasteiger partial charge in [0.1, 0.15) is 0 Å². The lowest BCUT2D eigenvalue weighted by Gasteiger charge is -2.27. The molecule has 0 bridgehead atoms. The quantitative estimate of drug-likeness (QED) is 0.879. The molecule has 0 spiro atoms. The Morgan fingerprint density at radius 2 is 1.87 bits per heavy atom. The third-order valence-electron chi connectivity index (χ3n) is 3.90. The highest BCUT2D eigenvalue weighted by Gasteiger charge is 2.39. The highest BCUT2D eigenvalue weighted by Crippen LogP contribution is 2.42. The second-order valence-electron chi connectivity index (χ2n) is 5.37. The third-order valence-corrected chi connectivity index (χ3v) is 4.44. The molecule has 0 fully saturated rings. The van der Waals surface area contributed by atoms with Crippen molar-refractivity contribution in [3.05, 3.63) is 64.1 Å². The number of carbonyl (C=O) groups is 1. The molecule has 2 aromatic carbocycles. The van der Waals surface area contributed by atoms with Gasteiger partial charge in [0.05, 0.1) is 16.8 Å². The number of hydrogen-bond donors (Lipinski definition) is 1. The molecule has 118 valence electrons. The molecule has 2 atom stereocenters. The first kappa shape index (κ1) is 15.8. The van der Waals surface area contributed by atoms with Crippen LogP contribution in [0, 0.1) is 5.92 Å². The molecule has 23 heavy (non-hydrogen) atoms. The summed E-state index contributed by atoms with van der Waals surface area (Å²) in [4.78, 5) is 11.5. The molecule has 0 saturated heterocycles. The fourth-order valence-electron chi connectivity index (χ4n) is 2.82. The molecule has 0 radical (unpaired) electrons. The Hall–Kier alpha value is -2.04. The van der Waals surface area contributed by atoms with Gasteiger partial charge in [0, 0.05) is 10.9 Å². The summed E-state index contributed by atoms with van der Waals surface area (Å²) in [5.74, 6) is -1.30. The van der Waals surface area contributed by atoms with E-state index in [9.17, 15) is 9.90 Å². The van der Waals surface area contributed by atoms with Gasteiger partial charge in [-0.2, -0.15) is 5.10 Å². The maximum atomic E-state index is 11.5. The van der Waals surface area contributed by atoms with E-state index >= 15 is 0 Å². The Morgan fingerprint density at radius 1 is 1.17 bits per heavy atom. The van der Waals surface area contributed by atoms with Crippen molar-refractivity contribution in [1.82, 2.24) is 0 Å². The van der Waals surface area contributed by atoms with Crippen molar-refractivity contribution >= 4 is 40.6 Å². The molecule has 0 amide bonds. The van der Waals surface area contributed by atoms with Crippen molar-refractivity contribution in [3.8, 4) is 0 Å². The van der Waals surface area contributed by atoms with Crippen LogP contribution in [0.25, 0.3) is 0 Å². The Bertz CT molecular complexity index is 777. The maximum Gasteiger partial charge on any atom is 0.352 e. The zero-order valence-corrected chi connectivity index (χ0v) is 13.8. The van der Waals surface area contributed by atoms with E-state index in [-0.39, 0.29) is 17.7 Å². The van der Waals surface area contributed by atoms with Crippen LogP contribution in [0.1, 0.15) is 18.5 Å². The molecule has 6 heteroatoms. The first-order valence-corrected chi connectivity index (χ1v) is 7.85. The highest BCUT2D eigenvalue weighted by atomic mass is 35.5. The third kappa shape index (κ3) is 2.92. The lowest BCUT2D eigenvalue weighted by atomic mass is 9.91. The van der Waals surface area contributed by atoms with Gasteiger partial charge in [-0.1, -0.05) is 60.5 Å². The van der Waals surface area contributed by atoms with Crippen molar-refractivity contribution in [2.45, 2.75) is 13.0 Å². The van der Waals surface area contributed by atoms with Crippen LogP contribution in [-0.4, -0.2) is 16.8 Å². The van der Waals surface area contributed by atoms with E-state index in [2.05, 4.69) is 5.10 Å². The lowest BCUT2D eigenvalue weighted by molar-refractivity contribution is -0.129. The summed E-state index contributed by atoms with van der Waals surface area (Å²) in [6.07, 6.45) is 0. The number of hydrazone groups is 1. The molecule has 0 unspecified atom stereocenters.